The van der Waals surface area contributed by atoms with Gasteiger partial charge in [0.15, 0.2) is 0 Å². The maximum Gasteiger partial charge on any atom is 0.256 e. The second kappa shape index (κ2) is 9.01. The number of nitrogens with zero attached hydrogens (tertiary/aromatic N) is 3. The van der Waals surface area contributed by atoms with E-state index >= 15 is 0 Å². The van der Waals surface area contributed by atoms with Crippen LogP contribution in [-0.2, 0) is 9.47 Å². The van der Waals surface area contributed by atoms with Gasteiger partial charge in [-0.3, -0.25) is 14.7 Å². The van der Waals surface area contributed by atoms with E-state index in [2.05, 4.69) is 9.88 Å². The van der Waals surface area contributed by atoms with Gasteiger partial charge in [-0.05, 0) is 23.8 Å². The van der Waals surface area contributed by atoms with Crippen LogP contribution in [0, 0.1) is 0 Å². The van der Waals surface area contributed by atoms with E-state index in [1.54, 1.807) is 18.3 Å². The van der Waals surface area contributed by atoms with E-state index in [4.69, 9.17) is 21.1 Å². The minimum Gasteiger partial charge on any atom is -0.379 e. The summed E-state index contributed by atoms with van der Waals surface area (Å²) in [7, 11) is 0. The first kappa shape index (κ1) is 19.3. The Balaban J connectivity index is 1.64. The molecule has 2 aliphatic heterocycles. The van der Waals surface area contributed by atoms with Crippen LogP contribution in [0.15, 0.2) is 48.8 Å². The molecular weight excluding hydrogens is 378 g/mol. The van der Waals surface area contributed by atoms with E-state index < -0.39 is 0 Å². The van der Waals surface area contributed by atoms with Crippen molar-refractivity contribution >= 4 is 17.5 Å². The van der Waals surface area contributed by atoms with Crippen LogP contribution in [0.2, 0.25) is 5.02 Å². The molecule has 2 aliphatic rings. The number of benzene rings is 1. The van der Waals surface area contributed by atoms with Crippen molar-refractivity contribution < 1.29 is 14.3 Å². The van der Waals surface area contributed by atoms with Crippen molar-refractivity contribution in [3.05, 3.63) is 64.9 Å². The molecule has 2 fully saturated rings. The lowest BCUT2D eigenvalue weighted by Gasteiger charge is -2.43. The summed E-state index contributed by atoms with van der Waals surface area (Å²) in [5.41, 5.74) is 1.49. The van der Waals surface area contributed by atoms with Crippen LogP contribution in [-0.4, -0.2) is 72.8 Å². The Kier molecular flexibility index (Phi) is 6.22. The summed E-state index contributed by atoms with van der Waals surface area (Å²) in [6.07, 6.45) is 3.42. The molecule has 0 unspecified atom stereocenters. The average molecular weight is 402 g/mol. The Morgan fingerprint density at radius 1 is 1.11 bits per heavy atom. The lowest BCUT2D eigenvalue weighted by atomic mass is 9.97. The third kappa shape index (κ3) is 4.20. The molecular formula is C21H24ClN3O3. The number of halogens is 1. The highest BCUT2D eigenvalue weighted by molar-refractivity contribution is 6.33. The zero-order chi connectivity index (χ0) is 19.3. The van der Waals surface area contributed by atoms with Crippen LogP contribution in [0.1, 0.15) is 22.0 Å². The van der Waals surface area contributed by atoms with Crippen molar-refractivity contribution in [2.45, 2.75) is 12.1 Å². The van der Waals surface area contributed by atoms with Crippen LogP contribution >= 0.6 is 11.6 Å². The maximum absolute atomic E-state index is 13.4. The van der Waals surface area contributed by atoms with Gasteiger partial charge in [0.25, 0.3) is 5.91 Å². The Bertz CT molecular complexity index is 798. The molecule has 28 heavy (non-hydrogen) atoms. The fourth-order valence-electron chi connectivity index (χ4n) is 3.89. The Morgan fingerprint density at radius 2 is 1.93 bits per heavy atom. The number of carbonyl (C=O) groups is 1. The molecule has 0 spiro atoms. The van der Waals surface area contributed by atoms with Gasteiger partial charge >= 0.3 is 0 Å². The molecule has 1 aromatic heterocycles. The van der Waals surface area contributed by atoms with Gasteiger partial charge in [0.2, 0.25) is 0 Å². The number of morpholine rings is 2. The Labute approximate surface area is 170 Å². The number of pyridine rings is 1. The van der Waals surface area contributed by atoms with Crippen molar-refractivity contribution in [3.63, 3.8) is 0 Å². The van der Waals surface area contributed by atoms with E-state index in [-0.39, 0.29) is 18.1 Å². The van der Waals surface area contributed by atoms with Gasteiger partial charge < -0.3 is 14.4 Å². The second-order valence-electron chi connectivity index (χ2n) is 7.03. The fraction of sp³-hybridized carbons (Fsp3) is 0.429. The molecule has 0 bridgehead atoms. The predicted octanol–water partition coefficient (Wildman–Crippen LogP) is 2.65. The topological polar surface area (TPSA) is 54.9 Å². The highest BCUT2D eigenvalue weighted by atomic mass is 35.5. The first-order chi connectivity index (χ1) is 13.7. The van der Waals surface area contributed by atoms with Crippen molar-refractivity contribution in [3.8, 4) is 0 Å². The van der Waals surface area contributed by atoms with Crippen molar-refractivity contribution in [1.29, 1.82) is 0 Å². The van der Waals surface area contributed by atoms with Crippen molar-refractivity contribution in [2.24, 2.45) is 0 Å². The third-order valence-corrected chi connectivity index (χ3v) is 5.61. The molecule has 2 saturated heterocycles. The monoisotopic (exact) mass is 401 g/mol. The predicted molar refractivity (Wildman–Crippen MR) is 106 cm³/mol. The molecule has 0 radical (unpaired) electrons. The number of amides is 1. The van der Waals surface area contributed by atoms with E-state index in [0.717, 1.165) is 38.4 Å². The third-order valence-electron chi connectivity index (χ3n) is 5.28. The zero-order valence-electron chi connectivity index (χ0n) is 15.7. The lowest BCUT2D eigenvalue weighted by molar-refractivity contribution is -0.0819. The zero-order valence-corrected chi connectivity index (χ0v) is 16.4. The van der Waals surface area contributed by atoms with Gasteiger partial charge in [0, 0.05) is 38.6 Å². The van der Waals surface area contributed by atoms with Crippen LogP contribution < -0.4 is 0 Å². The van der Waals surface area contributed by atoms with E-state index in [1.165, 1.54) is 0 Å². The van der Waals surface area contributed by atoms with Gasteiger partial charge in [0.1, 0.15) is 0 Å². The highest BCUT2D eigenvalue weighted by Crippen LogP contribution is 2.32. The van der Waals surface area contributed by atoms with Crippen LogP contribution in [0.4, 0.5) is 0 Å². The average Bonchev–Trinajstić information content (AvgIpc) is 2.75. The molecule has 7 heteroatoms. The Hall–Kier alpha value is -1.99. The molecule has 1 amide bonds. The second-order valence-corrected chi connectivity index (χ2v) is 7.44. The number of hydrogen-bond acceptors (Lipinski definition) is 5. The summed E-state index contributed by atoms with van der Waals surface area (Å²) >= 11 is 6.31. The number of rotatable bonds is 4. The van der Waals surface area contributed by atoms with E-state index in [0.29, 0.717) is 23.7 Å². The minimum atomic E-state index is -0.214. The molecule has 1 aromatic carbocycles. The summed E-state index contributed by atoms with van der Waals surface area (Å²) in [5, 5.41) is 0.466. The molecule has 2 aromatic rings. The minimum absolute atomic E-state index is 0.0743. The van der Waals surface area contributed by atoms with E-state index in [9.17, 15) is 4.79 Å². The van der Waals surface area contributed by atoms with Crippen LogP contribution in [0.25, 0.3) is 0 Å². The summed E-state index contributed by atoms with van der Waals surface area (Å²) in [6.45, 7) is 4.97. The Morgan fingerprint density at radius 3 is 2.68 bits per heavy atom. The summed E-state index contributed by atoms with van der Waals surface area (Å²) in [6, 6.07) is 10.9. The number of aromatic nitrogens is 1. The number of ether oxygens (including phenoxy) is 2. The normalized spacial score (nSPS) is 23.5. The molecule has 0 N–H and O–H groups in total. The van der Waals surface area contributed by atoms with Crippen molar-refractivity contribution in [2.75, 3.05) is 46.0 Å². The highest BCUT2D eigenvalue weighted by Gasteiger charge is 2.38. The largest absolute Gasteiger partial charge is 0.379 e. The van der Waals surface area contributed by atoms with Crippen LogP contribution in [0.3, 0.4) is 0 Å². The van der Waals surface area contributed by atoms with Gasteiger partial charge in [-0.25, -0.2) is 0 Å². The maximum atomic E-state index is 13.4. The molecule has 148 valence electrons. The summed E-state index contributed by atoms with van der Waals surface area (Å²) in [4.78, 5) is 21.9. The number of hydrogen-bond donors (Lipinski definition) is 0. The van der Waals surface area contributed by atoms with Gasteiger partial charge in [-0.15, -0.1) is 0 Å². The molecule has 3 heterocycles. The SMILES string of the molecule is O=C(c1ccccc1Cl)N1CCO[C@@H](CN2CCOCC2)[C@@H]1c1cccnc1. The molecule has 0 aliphatic carbocycles. The molecule has 0 saturated carbocycles. The fourth-order valence-corrected chi connectivity index (χ4v) is 4.10. The van der Waals surface area contributed by atoms with Crippen LogP contribution in [0.5, 0.6) is 0 Å². The first-order valence-corrected chi connectivity index (χ1v) is 9.99. The van der Waals surface area contributed by atoms with Gasteiger partial charge in [0.05, 0.1) is 42.6 Å². The molecule has 4 rings (SSSR count). The summed E-state index contributed by atoms with van der Waals surface area (Å²) < 4.78 is 11.6. The van der Waals surface area contributed by atoms with Crippen molar-refractivity contribution in [1.82, 2.24) is 14.8 Å². The standard InChI is InChI=1S/C21H24ClN3O3/c22-18-6-2-1-5-17(18)21(26)25-10-13-28-19(15-24-8-11-27-12-9-24)20(25)16-4-3-7-23-14-16/h1-7,14,19-20H,8-13,15H2/t19-,20-/m0/s1. The smallest absolute Gasteiger partial charge is 0.256 e. The lowest BCUT2D eigenvalue weighted by Crippen LogP contribution is -2.53. The molecule has 2 atom stereocenters. The molecule has 6 nitrogen and oxygen atoms in total. The number of carbonyl (C=O) groups excluding carboxylic acids is 1. The van der Waals surface area contributed by atoms with Gasteiger partial charge in [-0.2, -0.15) is 0 Å². The summed E-state index contributed by atoms with van der Waals surface area (Å²) in [5.74, 6) is -0.0743. The quantitative estimate of drug-likeness (QED) is 0.788. The van der Waals surface area contributed by atoms with E-state index in [1.807, 2.05) is 35.4 Å². The first-order valence-electron chi connectivity index (χ1n) is 9.61. The van der Waals surface area contributed by atoms with Gasteiger partial charge in [-0.1, -0.05) is 29.8 Å².